The summed E-state index contributed by atoms with van der Waals surface area (Å²) in [6, 6.07) is 0. The van der Waals surface area contributed by atoms with Gasteiger partial charge in [0, 0.05) is 19.4 Å². The molecule has 0 aromatic rings. The Balaban J connectivity index is 2.10. The fourth-order valence-corrected chi connectivity index (χ4v) is 1.38. The van der Waals surface area contributed by atoms with Crippen molar-refractivity contribution in [3.63, 3.8) is 0 Å². The minimum absolute atomic E-state index is 0.0940. The molecule has 0 aromatic carbocycles. The Morgan fingerprint density at radius 3 is 2.54 bits per heavy atom. The van der Waals surface area contributed by atoms with Crippen LogP contribution in [-0.2, 0) is 4.79 Å². The van der Waals surface area contributed by atoms with E-state index in [2.05, 4.69) is 0 Å². The molecule has 0 spiro atoms. The Morgan fingerprint density at radius 1 is 1.38 bits per heavy atom. The van der Waals surface area contributed by atoms with Crippen LogP contribution in [0.5, 0.6) is 0 Å². The molecular weight excluding hydrogens is 183 g/mol. The van der Waals surface area contributed by atoms with Crippen molar-refractivity contribution in [3.05, 3.63) is 0 Å². The lowest BCUT2D eigenvalue weighted by molar-refractivity contribution is -0.136. The topological polar surface area (TPSA) is 20.3 Å². The Hall–Kier alpha value is -0.580. The summed E-state index contributed by atoms with van der Waals surface area (Å²) in [7, 11) is 0. The first-order valence-electron chi connectivity index (χ1n) is 4.28. The summed E-state index contributed by atoms with van der Waals surface area (Å²) in [5.41, 5.74) is 0. The first-order chi connectivity index (χ1) is 5.97. The Kier molecular flexibility index (Phi) is 3.30. The highest BCUT2D eigenvalue weighted by atomic mass is 19.4. The van der Waals surface area contributed by atoms with Crippen molar-refractivity contribution in [2.24, 2.45) is 0 Å². The Morgan fingerprint density at radius 2 is 2.08 bits per heavy atom. The summed E-state index contributed by atoms with van der Waals surface area (Å²) in [4.78, 5) is 12.5. The van der Waals surface area contributed by atoms with Crippen LogP contribution in [0.1, 0.15) is 19.3 Å². The normalized spacial score (nSPS) is 19.8. The maximum absolute atomic E-state index is 11.7. The Bertz CT molecular complexity index is 190. The largest absolute Gasteiger partial charge is 0.389 e. The lowest BCUT2D eigenvalue weighted by atomic mass is 10.3. The SMILES string of the molecule is O=C1CCN(CCCC(F)(F)F)C1. The van der Waals surface area contributed by atoms with Crippen molar-refractivity contribution in [3.8, 4) is 0 Å². The number of likely N-dealkylation sites (tertiary alicyclic amines) is 1. The summed E-state index contributed by atoms with van der Waals surface area (Å²) in [6.07, 6.45) is -4.23. The highest BCUT2D eigenvalue weighted by molar-refractivity contribution is 5.82. The van der Waals surface area contributed by atoms with E-state index in [1.54, 1.807) is 4.90 Å². The second-order valence-corrected chi connectivity index (χ2v) is 3.28. The van der Waals surface area contributed by atoms with Gasteiger partial charge in [0.2, 0.25) is 0 Å². The summed E-state index contributed by atoms with van der Waals surface area (Å²) in [5, 5.41) is 0. The molecule has 1 heterocycles. The summed E-state index contributed by atoms with van der Waals surface area (Å²) >= 11 is 0. The highest BCUT2D eigenvalue weighted by Crippen LogP contribution is 2.21. The summed E-state index contributed by atoms with van der Waals surface area (Å²) in [6.45, 7) is 1.33. The third kappa shape index (κ3) is 4.26. The van der Waals surface area contributed by atoms with E-state index in [4.69, 9.17) is 0 Å². The molecule has 0 radical (unpaired) electrons. The quantitative estimate of drug-likeness (QED) is 0.681. The molecule has 1 aliphatic heterocycles. The number of carbonyl (C=O) groups is 1. The molecule has 2 nitrogen and oxygen atoms in total. The molecule has 0 amide bonds. The van der Waals surface area contributed by atoms with Gasteiger partial charge in [-0.1, -0.05) is 0 Å². The van der Waals surface area contributed by atoms with Gasteiger partial charge in [-0.3, -0.25) is 9.69 Å². The number of hydrogen-bond acceptors (Lipinski definition) is 2. The second-order valence-electron chi connectivity index (χ2n) is 3.28. The molecule has 0 atom stereocenters. The zero-order valence-electron chi connectivity index (χ0n) is 7.23. The average Bonchev–Trinajstić information content (AvgIpc) is 2.33. The lowest BCUT2D eigenvalue weighted by Crippen LogP contribution is -2.23. The first kappa shape index (κ1) is 10.5. The standard InChI is InChI=1S/C8H12F3NO/c9-8(10,11)3-1-4-12-5-2-7(13)6-12/h1-6H2. The van der Waals surface area contributed by atoms with Crippen LogP contribution < -0.4 is 0 Å². The zero-order valence-corrected chi connectivity index (χ0v) is 7.23. The van der Waals surface area contributed by atoms with Crippen LogP contribution in [0.3, 0.4) is 0 Å². The summed E-state index contributed by atoms with van der Waals surface area (Å²) < 4.78 is 35.2. The van der Waals surface area contributed by atoms with Gasteiger partial charge >= 0.3 is 6.18 Å². The third-order valence-corrected chi connectivity index (χ3v) is 2.04. The van der Waals surface area contributed by atoms with Crippen LogP contribution >= 0.6 is 0 Å². The number of hydrogen-bond donors (Lipinski definition) is 0. The fraction of sp³-hybridized carbons (Fsp3) is 0.875. The van der Waals surface area contributed by atoms with Crippen molar-refractivity contribution < 1.29 is 18.0 Å². The van der Waals surface area contributed by atoms with Crippen LogP contribution in [0.15, 0.2) is 0 Å². The van der Waals surface area contributed by atoms with E-state index in [1.165, 1.54) is 0 Å². The number of rotatable bonds is 3. The van der Waals surface area contributed by atoms with Crippen LogP contribution in [0.2, 0.25) is 0 Å². The summed E-state index contributed by atoms with van der Waals surface area (Å²) in [5.74, 6) is 0.131. The van der Waals surface area contributed by atoms with E-state index in [0.717, 1.165) is 0 Å². The maximum Gasteiger partial charge on any atom is 0.389 e. The van der Waals surface area contributed by atoms with Crippen molar-refractivity contribution in [1.82, 2.24) is 4.90 Å². The van der Waals surface area contributed by atoms with Gasteiger partial charge in [0.1, 0.15) is 5.78 Å². The minimum atomic E-state index is -4.07. The van der Waals surface area contributed by atoms with Gasteiger partial charge in [0.25, 0.3) is 0 Å². The molecule has 0 saturated carbocycles. The average molecular weight is 195 g/mol. The van der Waals surface area contributed by atoms with Crippen molar-refractivity contribution >= 4 is 5.78 Å². The molecule has 1 rings (SSSR count). The van der Waals surface area contributed by atoms with E-state index in [1.807, 2.05) is 0 Å². The van der Waals surface area contributed by atoms with Gasteiger partial charge in [0.05, 0.1) is 6.54 Å². The van der Waals surface area contributed by atoms with Crippen LogP contribution in [0, 0.1) is 0 Å². The molecule has 0 aromatic heterocycles. The van der Waals surface area contributed by atoms with Gasteiger partial charge in [-0.05, 0) is 13.0 Å². The molecular formula is C8H12F3NO. The van der Waals surface area contributed by atoms with Gasteiger partial charge in [-0.15, -0.1) is 0 Å². The van der Waals surface area contributed by atoms with E-state index in [9.17, 15) is 18.0 Å². The van der Waals surface area contributed by atoms with E-state index >= 15 is 0 Å². The first-order valence-corrected chi connectivity index (χ1v) is 4.28. The predicted molar refractivity (Wildman–Crippen MR) is 41.4 cm³/mol. The van der Waals surface area contributed by atoms with Crippen molar-refractivity contribution in [2.45, 2.75) is 25.4 Å². The number of carbonyl (C=O) groups excluding carboxylic acids is 1. The number of alkyl halides is 3. The molecule has 13 heavy (non-hydrogen) atoms. The van der Waals surface area contributed by atoms with E-state index in [0.29, 0.717) is 26.1 Å². The molecule has 1 fully saturated rings. The molecule has 1 saturated heterocycles. The van der Waals surface area contributed by atoms with Crippen LogP contribution in [0.25, 0.3) is 0 Å². The van der Waals surface area contributed by atoms with Crippen LogP contribution in [0.4, 0.5) is 13.2 Å². The third-order valence-electron chi connectivity index (χ3n) is 2.04. The van der Waals surface area contributed by atoms with E-state index in [-0.39, 0.29) is 12.2 Å². The number of halogens is 3. The van der Waals surface area contributed by atoms with Crippen molar-refractivity contribution in [2.75, 3.05) is 19.6 Å². The smallest absolute Gasteiger partial charge is 0.298 e. The van der Waals surface area contributed by atoms with Gasteiger partial charge in [-0.2, -0.15) is 13.2 Å². The van der Waals surface area contributed by atoms with Gasteiger partial charge < -0.3 is 0 Å². The second kappa shape index (κ2) is 4.09. The monoisotopic (exact) mass is 195 g/mol. The van der Waals surface area contributed by atoms with Crippen LogP contribution in [-0.4, -0.2) is 36.5 Å². The van der Waals surface area contributed by atoms with E-state index < -0.39 is 12.6 Å². The molecule has 5 heteroatoms. The predicted octanol–water partition coefficient (Wildman–Crippen LogP) is 1.60. The molecule has 0 bridgehead atoms. The fourth-order valence-electron chi connectivity index (χ4n) is 1.38. The molecule has 0 unspecified atom stereocenters. The molecule has 0 N–H and O–H groups in total. The van der Waals surface area contributed by atoms with Gasteiger partial charge in [0.15, 0.2) is 0 Å². The zero-order chi connectivity index (χ0) is 9.90. The number of Topliss-reactive ketones (excluding diaryl/α,β-unsaturated/α-hetero) is 1. The minimum Gasteiger partial charge on any atom is -0.298 e. The molecule has 76 valence electrons. The highest BCUT2D eigenvalue weighted by Gasteiger charge is 2.27. The van der Waals surface area contributed by atoms with Gasteiger partial charge in [-0.25, -0.2) is 0 Å². The molecule has 0 aliphatic carbocycles. The number of ketones is 1. The number of nitrogens with zero attached hydrogens (tertiary/aromatic N) is 1. The lowest BCUT2D eigenvalue weighted by Gasteiger charge is -2.13. The Labute approximate surface area is 74.7 Å². The van der Waals surface area contributed by atoms with Crippen molar-refractivity contribution in [1.29, 1.82) is 0 Å². The molecule has 1 aliphatic rings. The maximum atomic E-state index is 11.7.